The van der Waals surface area contributed by atoms with Gasteiger partial charge in [0.05, 0.1) is 18.9 Å². The minimum atomic E-state index is -0.487. The van der Waals surface area contributed by atoms with Crippen LogP contribution in [0.3, 0.4) is 0 Å². The summed E-state index contributed by atoms with van der Waals surface area (Å²) in [6.45, 7) is 5.25. The molecule has 146 valence electrons. The van der Waals surface area contributed by atoms with E-state index in [0.717, 1.165) is 19.3 Å². The van der Waals surface area contributed by atoms with E-state index < -0.39 is 5.91 Å². The number of nitriles is 1. The molecule has 0 aliphatic rings. The Morgan fingerprint density at radius 3 is 2.39 bits per heavy atom. The number of anilines is 1. The summed E-state index contributed by atoms with van der Waals surface area (Å²) in [4.78, 5) is 12.7. The van der Waals surface area contributed by atoms with E-state index in [0.29, 0.717) is 36.0 Å². The summed E-state index contributed by atoms with van der Waals surface area (Å²) in [6.07, 6.45) is 4.37. The molecular formula is C23H26N2O3. The highest BCUT2D eigenvalue weighted by Crippen LogP contribution is 2.26. The standard InChI is InChI=1S/C23H26N2O3/c1-3-5-15-28-22-13-9-7-11-20(22)25-23(26)19(17-24)16-18-10-6-8-12-21(18)27-14-4-2/h6-13,16H,3-5,14-15H2,1-2H3,(H,25,26)/b19-16+. The topological polar surface area (TPSA) is 71.3 Å². The molecule has 0 aliphatic heterocycles. The lowest BCUT2D eigenvalue weighted by molar-refractivity contribution is -0.112. The maximum atomic E-state index is 12.7. The molecule has 0 spiro atoms. The Hall–Kier alpha value is -3.26. The first-order valence-corrected chi connectivity index (χ1v) is 9.56. The van der Waals surface area contributed by atoms with E-state index >= 15 is 0 Å². The molecule has 2 aromatic carbocycles. The molecule has 0 radical (unpaired) electrons. The van der Waals surface area contributed by atoms with Crippen molar-refractivity contribution in [1.29, 1.82) is 5.26 Å². The first-order valence-electron chi connectivity index (χ1n) is 9.56. The van der Waals surface area contributed by atoms with Gasteiger partial charge < -0.3 is 14.8 Å². The smallest absolute Gasteiger partial charge is 0.266 e. The Bertz CT molecular complexity index is 853. The Balaban J connectivity index is 2.19. The molecule has 1 N–H and O–H groups in total. The number of unbranched alkanes of at least 4 members (excludes halogenated alkanes) is 1. The number of nitrogens with zero attached hydrogens (tertiary/aromatic N) is 1. The molecule has 0 heterocycles. The number of carbonyl (C=O) groups excluding carboxylic acids is 1. The van der Waals surface area contributed by atoms with E-state index in [1.807, 2.05) is 49.4 Å². The van der Waals surface area contributed by atoms with Crippen molar-refractivity contribution < 1.29 is 14.3 Å². The molecule has 0 saturated heterocycles. The van der Waals surface area contributed by atoms with Crippen molar-refractivity contribution in [3.63, 3.8) is 0 Å². The number of para-hydroxylation sites is 3. The van der Waals surface area contributed by atoms with Gasteiger partial charge in [-0.3, -0.25) is 4.79 Å². The zero-order valence-corrected chi connectivity index (χ0v) is 16.4. The van der Waals surface area contributed by atoms with Crippen LogP contribution in [0.5, 0.6) is 11.5 Å². The number of ether oxygens (including phenoxy) is 2. The highest BCUT2D eigenvalue weighted by atomic mass is 16.5. The van der Waals surface area contributed by atoms with Crippen molar-refractivity contribution in [2.24, 2.45) is 0 Å². The van der Waals surface area contributed by atoms with Gasteiger partial charge in [0.25, 0.3) is 5.91 Å². The molecule has 28 heavy (non-hydrogen) atoms. The second-order valence-electron chi connectivity index (χ2n) is 6.21. The second-order valence-corrected chi connectivity index (χ2v) is 6.21. The number of amides is 1. The van der Waals surface area contributed by atoms with E-state index in [1.165, 1.54) is 0 Å². The van der Waals surface area contributed by atoms with Crippen molar-refractivity contribution in [1.82, 2.24) is 0 Å². The fraction of sp³-hybridized carbons (Fsp3) is 0.304. The minimum absolute atomic E-state index is 0.00379. The van der Waals surface area contributed by atoms with Crippen LogP contribution in [0.15, 0.2) is 54.1 Å². The van der Waals surface area contributed by atoms with E-state index in [-0.39, 0.29) is 5.57 Å². The third kappa shape index (κ3) is 6.17. The van der Waals surface area contributed by atoms with Crippen LogP contribution < -0.4 is 14.8 Å². The van der Waals surface area contributed by atoms with Gasteiger partial charge in [0, 0.05) is 5.56 Å². The first kappa shape index (κ1) is 21.0. The maximum absolute atomic E-state index is 12.7. The third-order valence-corrected chi connectivity index (χ3v) is 3.94. The molecule has 0 aromatic heterocycles. The molecule has 0 atom stereocenters. The van der Waals surface area contributed by atoms with Gasteiger partial charge >= 0.3 is 0 Å². The summed E-state index contributed by atoms with van der Waals surface area (Å²) >= 11 is 0. The lowest BCUT2D eigenvalue weighted by Gasteiger charge is -2.12. The molecule has 2 aromatic rings. The Morgan fingerprint density at radius 1 is 1.00 bits per heavy atom. The number of benzene rings is 2. The number of nitrogens with one attached hydrogen (secondary N) is 1. The third-order valence-electron chi connectivity index (χ3n) is 3.94. The van der Waals surface area contributed by atoms with Crippen molar-refractivity contribution in [3.05, 3.63) is 59.7 Å². The molecular weight excluding hydrogens is 352 g/mol. The summed E-state index contributed by atoms with van der Waals surface area (Å²) in [7, 11) is 0. The molecule has 0 fully saturated rings. The predicted octanol–water partition coefficient (Wildman–Crippen LogP) is 5.20. The van der Waals surface area contributed by atoms with E-state index in [4.69, 9.17) is 9.47 Å². The van der Waals surface area contributed by atoms with Crippen molar-refractivity contribution in [3.8, 4) is 17.6 Å². The monoisotopic (exact) mass is 378 g/mol. The van der Waals surface area contributed by atoms with Crippen LogP contribution in [0.1, 0.15) is 38.7 Å². The summed E-state index contributed by atoms with van der Waals surface area (Å²) in [6, 6.07) is 16.5. The number of carbonyl (C=O) groups is 1. The molecule has 1 amide bonds. The number of hydrogen-bond donors (Lipinski definition) is 1. The Labute approximate surface area is 166 Å². The van der Waals surface area contributed by atoms with E-state index in [1.54, 1.807) is 18.2 Å². The van der Waals surface area contributed by atoms with Gasteiger partial charge in [-0.15, -0.1) is 0 Å². The van der Waals surface area contributed by atoms with Gasteiger partial charge in [0.15, 0.2) is 0 Å². The Morgan fingerprint density at radius 2 is 1.68 bits per heavy atom. The van der Waals surface area contributed by atoms with Crippen LogP contribution in [-0.4, -0.2) is 19.1 Å². The highest BCUT2D eigenvalue weighted by Gasteiger charge is 2.13. The largest absolute Gasteiger partial charge is 0.493 e. The SMILES string of the molecule is CCCCOc1ccccc1NC(=O)/C(C#N)=C/c1ccccc1OCCC. The molecule has 0 aliphatic carbocycles. The first-order chi connectivity index (χ1) is 13.7. The fourth-order valence-corrected chi connectivity index (χ4v) is 2.46. The van der Waals surface area contributed by atoms with Gasteiger partial charge in [0.1, 0.15) is 23.1 Å². The molecule has 0 bridgehead atoms. The van der Waals surface area contributed by atoms with Gasteiger partial charge in [-0.05, 0) is 37.1 Å². The van der Waals surface area contributed by atoms with Crippen LogP contribution in [-0.2, 0) is 4.79 Å². The van der Waals surface area contributed by atoms with Crippen LogP contribution in [0.25, 0.3) is 6.08 Å². The summed E-state index contributed by atoms with van der Waals surface area (Å²) in [5, 5.41) is 12.3. The maximum Gasteiger partial charge on any atom is 0.266 e. The fourth-order valence-electron chi connectivity index (χ4n) is 2.46. The number of hydrogen-bond acceptors (Lipinski definition) is 4. The summed E-state index contributed by atoms with van der Waals surface area (Å²) < 4.78 is 11.4. The second kappa shape index (κ2) is 11.5. The lowest BCUT2D eigenvalue weighted by Crippen LogP contribution is -2.14. The van der Waals surface area contributed by atoms with Crippen molar-refractivity contribution in [2.45, 2.75) is 33.1 Å². The predicted molar refractivity (Wildman–Crippen MR) is 111 cm³/mol. The zero-order chi connectivity index (χ0) is 20.2. The molecule has 2 rings (SSSR count). The number of rotatable bonds is 10. The quantitative estimate of drug-likeness (QED) is 0.350. The average molecular weight is 378 g/mol. The highest BCUT2D eigenvalue weighted by molar-refractivity contribution is 6.10. The van der Waals surface area contributed by atoms with Gasteiger partial charge in [0.2, 0.25) is 0 Å². The van der Waals surface area contributed by atoms with Crippen molar-refractivity contribution >= 4 is 17.7 Å². The Kier molecular flexibility index (Phi) is 8.61. The van der Waals surface area contributed by atoms with Gasteiger partial charge in [-0.25, -0.2) is 0 Å². The zero-order valence-electron chi connectivity index (χ0n) is 16.4. The van der Waals surface area contributed by atoms with E-state index in [2.05, 4.69) is 12.2 Å². The minimum Gasteiger partial charge on any atom is -0.493 e. The average Bonchev–Trinajstić information content (AvgIpc) is 2.72. The molecule has 5 nitrogen and oxygen atoms in total. The molecule has 0 unspecified atom stereocenters. The molecule has 5 heteroatoms. The van der Waals surface area contributed by atoms with Gasteiger partial charge in [-0.1, -0.05) is 50.6 Å². The summed E-state index contributed by atoms with van der Waals surface area (Å²) in [5.74, 6) is 0.751. The van der Waals surface area contributed by atoms with Crippen molar-refractivity contribution in [2.75, 3.05) is 18.5 Å². The van der Waals surface area contributed by atoms with Gasteiger partial charge in [-0.2, -0.15) is 5.26 Å². The molecule has 0 saturated carbocycles. The summed E-state index contributed by atoms with van der Waals surface area (Å²) in [5.41, 5.74) is 1.23. The van der Waals surface area contributed by atoms with Crippen LogP contribution >= 0.6 is 0 Å². The normalized spacial score (nSPS) is 10.8. The lowest BCUT2D eigenvalue weighted by atomic mass is 10.1. The van der Waals surface area contributed by atoms with Crippen LogP contribution in [0.4, 0.5) is 5.69 Å². The van der Waals surface area contributed by atoms with E-state index in [9.17, 15) is 10.1 Å². The van der Waals surface area contributed by atoms with Crippen LogP contribution in [0, 0.1) is 11.3 Å². The van der Waals surface area contributed by atoms with Crippen LogP contribution in [0.2, 0.25) is 0 Å².